The minimum absolute atomic E-state index is 0.144. The average Bonchev–Trinajstić information content (AvgIpc) is 3.41. The van der Waals surface area contributed by atoms with Gasteiger partial charge in [-0.1, -0.05) is 23.7 Å². The van der Waals surface area contributed by atoms with Crippen LogP contribution < -0.4 is 15.4 Å². The highest BCUT2D eigenvalue weighted by Gasteiger charge is 2.15. The molecule has 1 atom stereocenters. The third-order valence-electron chi connectivity index (χ3n) is 6.05. The van der Waals surface area contributed by atoms with E-state index in [0.29, 0.717) is 16.6 Å². The lowest BCUT2D eigenvalue weighted by Gasteiger charge is -2.13. The normalized spacial score (nSPS) is 12.0. The summed E-state index contributed by atoms with van der Waals surface area (Å²) in [6.45, 7) is 0.213. The van der Waals surface area contributed by atoms with Gasteiger partial charge in [-0.3, -0.25) is 0 Å². The lowest BCUT2D eigenvalue weighted by molar-refractivity contribution is 0.306. The van der Waals surface area contributed by atoms with Crippen LogP contribution in [-0.2, 0) is 6.61 Å². The minimum Gasteiger partial charge on any atom is -0.487 e. The first-order valence-corrected chi connectivity index (χ1v) is 13.8. The Kier molecular flexibility index (Phi) is 8.12. The molecule has 1 unspecified atom stereocenters. The number of nitrogens with zero attached hydrogens (tertiary/aromatic N) is 2. The van der Waals surface area contributed by atoms with Gasteiger partial charge in [0.25, 0.3) is 0 Å². The van der Waals surface area contributed by atoms with Crippen molar-refractivity contribution in [1.82, 2.24) is 15.3 Å². The van der Waals surface area contributed by atoms with E-state index in [-0.39, 0.29) is 18.5 Å². The number of halogens is 2. The van der Waals surface area contributed by atoms with Gasteiger partial charge in [-0.15, -0.1) is 0 Å². The Balaban J connectivity index is 1.36. The summed E-state index contributed by atoms with van der Waals surface area (Å²) in [5.41, 5.74) is 3.20. The second-order valence-electron chi connectivity index (χ2n) is 8.64. The van der Waals surface area contributed by atoms with E-state index in [4.69, 9.17) is 20.8 Å². The molecule has 0 spiro atoms. The molecule has 0 radical (unpaired) electrons. The molecule has 0 amide bonds. The number of ether oxygens (including phenoxy) is 1. The smallest absolute Gasteiger partial charge is 0.141 e. The van der Waals surface area contributed by atoms with Crippen molar-refractivity contribution in [3.63, 3.8) is 0 Å². The molecule has 194 valence electrons. The summed E-state index contributed by atoms with van der Waals surface area (Å²) in [6, 6.07) is 21.8. The number of anilines is 2. The van der Waals surface area contributed by atoms with Gasteiger partial charge >= 0.3 is 0 Å². The third kappa shape index (κ3) is 5.93. The van der Waals surface area contributed by atoms with Crippen LogP contribution in [0.25, 0.3) is 22.2 Å². The fourth-order valence-electron chi connectivity index (χ4n) is 4.10. The number of nitrogens with one attached hydrogen (secondary N) is 2. The van der Waals surface area contributed by atoms with Gasteiger partial charge in [0, 0.05) is 22.4 Å². The summed E-state index contributed by atoms with van der Waals surface area (Å²) < 4.78 is 25.4. The molecule has 9 heteroatoms. The van der Waals surface area contributed by atoms with Gasteiger partial charge in [0.1, 0.15) is 41.8 Å². The fourth-order valence-corrected chi connectivity index (χ4v) is 5.00. The Morgan fingerprint density at radius 1 is 1.05 bits per heavy atom. The second-order valence-corrected chi connectivity index (χ2v) is 9.96. The lowest BCUT2D eigenvalue weighted by atomic mass is 10.1. The zero-order chi connectivity index (χ0) is 26.5. The molecule has 0 saturated heterocycles. The minimum atomic E-state index is -0.303. The molecule has 0 fully saturated rings. The highest BCUT2D eigenvalue weighted by atomic mass is 35.5. The molecule has 2 aromatic heterocycles. The number of benzene rings is 3. The van der Waals surface area contributed by atoms with Gasteiger partial charge in [-0.25, -0.2) is 14.4 Å². The molecule has 38 heavy (non-hydrogen) atoms. The zero-order valence-corrected chi connectivity index (χ0v) is 22.4. The summed E-state index contributed by atoms with van der Waals surface area (Å²) in [5.74, 6) is 3.44. The first-order chi connectivity index (χ1) is 18.5. The van der Waals surface area contributed by atoms with Crippen LogP contribution in [0.5, 0.6) is 5.75 Å². The van der Waals surface area contributed by atoms with Crippen molar-refractivity contribution in [2.24, 2.45) is 0 Å². The predicted molar refractivity (Wildman–Crippen MR) is 153 cm³/mol. The molecular formula is C29H26ClFN4O2S. The van der Waals surface area contributed by atoms with Gasteiger partial charge in [0.05, 0.1) is 16.6 Å². The van der Waals surface area contributed by atoms with Crippen LogP contribution in [0.1, 0.15) is 17.4 Å². The molecule has 2 N–H and O–H groups in total. The van der Waals surface area contributed by atoms with E-state index in [9.17, 15) is 4.39 Å². The van der Waals surface area contributed by atoms with Crippen molar-refractivity contribution >= 4 is 45.8 Å². The fraction of sp³-hybridized carbons (Fsp3) is 0.172. The van der Waals surface area contributed by atoms with E-state index in [1.54, 1.807) is 36.0 Å². The maximum absolute atomic E-state index is 13.4. The molecule has 0 aliphatic heterocycles. The van der Waals surface area contributed by atoms with Gasteiger partial charge in [-0.05, 0) is 79.5 Å². The third-order valence-corrected chi connectivity index (χ3v) is 7.01. The summed E-state index contributed by atoms with van der Waals surface area (Å²) in [6.07, 6.45) is 3.60. The largest absolute Gasteiger partial charge is 0.487 e. The molecule has 2 heterocycles. The highest BCUT2D eigenvalue weighted by molar-refractivity contribution is 7.98. The van der Waals surface area contributed by atoms with Crippen LogP contribution in [-0.4, -0.2) is 29.0 Å². The second kappa shape index (κ2) is 11.9. The van der Waals surface area contributed by atoms with Crippen LogP contribution in [0.2, 0.25) is 5.02 Å². The molecule has 0 saturated carbocycles. The van der Waals surface area contributed by atoms with Crippen molar-refractivity contribution < 1.29 is 13.5 Å². The Bertz CT molecular complexity index is 1560. The van der Waals surface area contributed by atoms with E-state index in [0.717, 1.165) is 45.0 Å². The SMILES string of the molecule is CNC(CSC)c1ccc(-c2ccc3ncnc(Nc4ccc(OCc5cccc(F)c5)c(Cl)c4)c3c2)o1. The van der Waals surface area contributed by atoms with E-state index in [2.05, 4.69) is 26.9 Å². The number of furan rings is 1. The van der Waals surface area contributed by atoms with Gasteiger partial charge in [0.15, 0.2) is 0 Å². The van der Waals surface area contributed by atoms with Crippen LogP contribution in [0, 0.1) is 5.82 Å². The van der Waals surface area contributed by atoms with Gasteiger partial charge in [0.2, 0.25) is 0 Å². The van der Waals surface area contributed by atoms with Crippen molar-refractivity contribution in [1.29, 1.82) is 0 Å². The van der Waals surface area contributed by atoms with Gasteiger partial charge < -0.3 is 19.8 Å². The molecule has 5 aromatic rings. The van der Waals surface area contributed by atoms with Crippen LogP contribution in [0.3, 0.4) is 0 Å². The first-order valence-electron chi connectivity index (χ1n) is 12.0. The average molecular weight is 549 g/mol. The van der Waals surface area contributed by atoms with Crippen LogP contribution in [0.4, 0.5) is 15.9 Å². The molecule has 0 aliphatic carbocycles. The van der Waals surface area contributed by atoms with E-state index < -0.39 is 0 Å². The number of thioether (sulfide) groups is 1. The lowest BCUT2D eigenvalue weighted by Crippen LogP contribution is -2.17. The molecule has 5 rings (SSSR count). The van der Waals surface area contributed by atoms with Crippen LogP contribution >= 0.6 is 23.4 Å². The zero-order valence-electron chi connectivity index (χ0n) is 20.9. The maximum Gasteiger partial charge on any atom is 0.141 e. The maximum atomic E-state index is 13.4. The van der Waals surface area contributed by atoms with Crippen molar-refractivity contribution in [3.8, 4) is 17.1 Å². The number of rotatable bonds is 10. The van der Waals surface area contributed by atoms with Crippen molar-refractivity contribution in [3.05, 3.63) is 101 Å². The molecule has 3 aromatic carbocycles. The molecular weight excluding hydrogens is 523 g/mol. The molecule has 6 nitrogen and oxygen atoms in total. The quantitative estimate of drug-likeness (QED) is 0.186. The number of aromatic nitrogens is 2. The topological polar surface area (TPSA) is 72.2 Å². The van der Waals surface area contributed by atoms with Crippen molar-refractivity contribution in [2.45, 2.75) is 12.6 Å². The number of fused-ring (bicyclic) bond motifs is 1. The Labute approximate surface area is 229 Å². The molecule has 0 aliphatic rings. The molecule has 0 bridgehead atoms. The summed E-state index contributed by atoms with van der Waals surface area (Å²) in [4.78, 5) is 8.88. The summed E-state index contributed by atoms with van der Waals surface area (Å²) >= 11 is 8.25. The Morgan fingerprint density at radius 2 is 1.95 bits per heavy atom. The van der Waals surface area contributed by atoms with Gasteiger partial charge in [-0.2, -0.15) is 11.8 Å². The summed E-state index contributed by atoms with van der Waals surface area (Å²) in [7, 11) is 1.93. The monoisotopic (exact) mass is 548 g/mol. The van der Waals surface area contributed by atoms with Crippen LogP contribution in [0.15, 0.2) is 83.5 Å². The number of hydrogen-bond donors (Lipinski definition) is 2. The van der Waals surface area contributed by atoms with E-state index in [1.165, 1.54) is 18.5 Å². The standard InChI is InChI=1S/C29H26ClFN4O2S/c1-32-25(16-38-2)28-11-10-26(37-28)19-6-8-24-22(13-19)29(34-17-33-24)35-21-7-9-27(23(30)14-21)36-15-18-4-3-5-20(31)12-18/h3-14,17,25,32H,15-16H2,1-2H3,(H,33,34,35). The van der Waals surface area contributed by atoms with E-state index in [1.807, 2.05) is 43.4 Å². The van der Waals surface area contributed by atoms with E-state index >= 15 is 0 Å². The first kappa shape index (κ1) is 26.0. The highest BCUT2D eigenvalue weighted by Crippen LogP contribution is 2.33. The predicted octanol–water partition coefficient (Wildman–Crippen LogP) is 7.63. The Hall–Kier alpha value is -3.59. The summed E-state index contributed by atoms with van der Waals surface area (Å²) in [5, 5.41) is 7.91. The van der Waals surface area contributed by atoms with Crippen molar-refractivity contribution in [2.75, 3.05) is 24.4 Å². The number of hydrogen-bond acceptors (Lipinski definition) is 7. The Morgan fingerprint density at radius 3 is 2.74 bits per heavy atom.